The Kier molecular flexibility index (Phi) is 9.29. The highest BCUT2D eigenvalue weighted by Gasteiger charge is 2.69. The average Bonchev–Trinajstić information content (AvgIpc) is 3.21. The zero-order valence-electron chi connectivity index (χ0n) is 25.8. The summed E-state index contributed by atoms with van der Waals surface area (Å²) in [5.74, 6) is -0.508. The van der Waals surface area contributed by atoms with Crippen LogP contribution in [0.2, 0.25) is 0 Å². The normalized spacial score (nSPS) is 17.2. The molecule has 1 heterocycles. The molecule has 0 saturated heterocycles. The first-order valence-electron chi connectivity index (χ1n) is 13.8. The second-order valence-corrected chi connectivity index (χ2v) is 12.4. The van der Waals surface area contributed by atoms with Gasteiger partial charge in [-0.3, -0.25) is 14.4 Å². The molecule has 2 unspecified atom stereocenters. The number of rotatable bonds is 9. The third-order valence-corrected chi connectivity index (χ3v) is 8.45. The molecule has 0 fully saturated rings. The zero-order chi connectivity index (χ0) is 32.3. The Bertz CT molecular complexity index is 1550. The second-order valence-electron chi connectivity index (χ2n) is 11.4. The largest absolute Gasteiger partial charge is 0.497 e. The standard InChI is InChI=1S/C33H36N2O8S/c1-31(2,3)43-30(39)34-33(25-10-8-9-11-26(25)35(5)27(33)36)32(4,29(38)44-24-18-16-23(41-7)17-19-24)28(37)42-20-21-12-14-22(40-6)15-13-21/h8-19H,20H2,1-7H3,(H,34,39). The molecule has 2 atom stereocenters. The Labute approximate surface area is 261 Å². The van der Waals surface area contributed by atoms with Crippen molar-refractivity contribution in [1.82, 2.24) is 5.32 Å². The third kappa shape index (κ3) is 6.10. The number of amides is 2. The molecule has 4 rings (SSSR count). The molecular weight excluding hydrogens is 584 g/mol. The molecule has 0 saturated carbocycles. The predicted octanol–water partition coefficient (Wildman–Crippen LogP) is 5.47. The smallest absolute Gasteiger partial charge is 0.408 e. The zero-order valence-corrected chi connectivity index (χ0v) is 26.6. The van der Waals surface area contributed by atoms with Crippen molar-refractivity contribution in [1.29, 1.82) is 0 Å². The number of nitrogens with zero attached hydrogens (tertiary/aromatic N) is 1. The van der Waals surface area contributed by atoms with Crippen molar-refractivity contribution in [3.05, 3.63) is 83.9 Å². The highest BCUT2D eigenvalue weighted by molar-refractivity contribution is 8.13. The lowest BCUT2D eigenvalue weighted by atomic mass is 9.67. The van der Waals surface area contributed by atoms with Gasteiger partial charge >= 0.3 is 12.1 Å². The van der Waals surface area contributed by atoms with Crippen LogP contribution in [0.4, 0.5) is 10.5 Å². The van der Waals surface area contributed by atoms with Gasteiger partial charge in [-0.25, -0.2) is 4.79 Å². The number of hydrogen-bond acceptors (Lipinski definition) is 9. The molecule has 44 heavy (non-hydrogen) atoms. The summed E-state index contributed by atoms with van der Waals surface area (Å²) >= 11 is 0.754. The van der Waals surface area contributed by atoms with Crippen LogP contribution in [0.1, 0.15) is 38.8 Å². The molecule has 0 spiro atoms. The van der Waals surface area contributed by atoms with Crippen LogP contribution in [-0.4, -0.2) is 50.0 Å². The van der Waals surface area contributed by atoms with Crippen molar-refractivity contribution < 1.29 is 38.1 Å². The van der Waals surface area contributed by atoms with Crippen LogP contribution in [0.15, 0.2) is 77.7 Å². The van der Waals surface area contributed by atoms with E-state index in [4.69, 9.17) is 18.9 Å². The molecule has 0 bridgehead atoms. The number of nitrogens with one attached hydrogen (secondary N) is 1. The Morgan fingerprint density at radius 2 is 1.43 bits per heavy atom. The van der Waals surface area contributed by atoms with Gasteiger partial charge in [-0.15, -0.1) is 0 Å². The van der Waals surface area contributed by atoms with Gasteiger partial charge in [0.2, 0.25) is 5.12 Å². The molecule has 232 valence electrons. The topological polar surface area (TPSA) is 120 Å². The van der Waals surface area contributed by atoms with Crippen LogP contribution in [0, 0.1) is 5.41 Å². The minimum absolute atomic E-state index is 0.201. The lowest BCUT2D eigenvalue weighted by Crippen LogP contribution is -2.67. The SMILES string of the molecule is COc1ccc(COC(=O)C(C)(C(=O)Sc2ccc(OC)cc2)C2(NC(=O)OC(C)(C)C)C(=O)N(C)c3ccccc32)cc1. The molecule has 11 heteroatoms. The number of benzene rings is 3. The summed E-state index contributed by atoms with van der Waals surface area (Å²) in [7, 11) is 4.58. The highest BCUT2D eigenvalue weighted by Crippen LogP contribution is 2.53. The molecular formula is C33H36N2O8S. The quantitative estimate of drug-likeness (QED) is 0.189. The fourth-order valence-electron chi connectivity index (χ4n) is 5.00. The van der Waals surface area contributed by atoms with Gasteiger partial charge in [-0.05, 0) is 75.7 Å². The number of fused-ring (bicyclic) bond motifs is 1. The summed E-state index contributed by atoms with van der Waals surface area (Å²) in [5, 5.41) is 1.96. The van der Waals surface area contributed by atoms with Gasteiger partial charge < -0.3 is 29.2 Å². The van der Waals surface area contributed by atoms with E-state index in [-0.39, 0.29) is 12.2 Å². The first-order chi connectivity index (χ1) is 20.8. The van der Waals surface area contributed by atoms with Crippen molar-refractivity contribution >= 4 is 40.5 Å². The number of para-hydroxylation sites is 1. The first-order valence-corrected chi connectivity index (χ1v) is 14.6. The molecule has 10 nitrogen and oxygen atoms in total. The van der Waals surface area contributed by atoms with E-state index in [0.29, 0.717) is 27.6 Å². The highest BCUT2D eigenvalue weighted by atomic mass is 32.2. The molecule has 3 aromatic rings. The van der Waals surface area contributed by atoms with E-state index in [9.17, 15) is 19.2 Å². The molecule has 0 aromatic heterocycles. The maximum Gasteiger partial charge on any atom is 0.408 e. The number of alkyl carbamates (subject to hydrolysis) is 1. The summed E-state index contributed by atoms with van der Waals surface area (Å²) in [5.41, 5.74) is -4.13. The Hall–Kier alpha value is -4.51. The molecule has 3 aromatic carbocycles. The second kappa shape index (κ2) is 12.6. The van der Waals surface area contributed by atoms with E-state index in [1.807, 2.05) is 0 Å². The number of likely N-dealkylation sites (N-methyl/N-ethyl adjacent to an activating group) is 1. The lowest BCUT2D eigenvalue weighted by molar-refractivity contribution is -0.167. The number of ether oxygens (including phenoxy) is 4. The fraction of sp³-hybridized carbons (Fsp3) is 0.333. The van der Waals surface area contributed by atoms with Crippen molar-refractivity contribution in [3.8, 4) is 11.5 Å². The van der Waals surface area contributed by atoms with Crippen LogP contribution in [0.3, 0.4) is 0 Å². The molecule has 1 aliphatic heterocycles. The monoisotopic (exact) mass is 620 g/mol. The Balaban J connectivity index is 1.86. The summed E-state index contributed by atoms with van der Waals surface area (Å²) in [6.07, 6.45) is -0.979. The first kappa shape index (κ1) is 32.4. The van der Waals surface area contributed by atoms with Gasteiger partial charge in [0, 0.05) is 23.2 Å². The van der Waals surface area contributed by atoms with Crippen LogP contribution in [0.5, 0.6) is 11.5 Å². The van der Waals surface area contributed by atoms with Gasteiger partial charge in [0.15, 0.2) is 11.0 Å². The van der Waals surface area contributed by atoms with Crippen LogP contribution in [-0.2, 0) is 36.0 Å². The van der Waals surface area contributed by atoms with Crippen LogP contribution >= 0.6 is 11.8 Å². The fourth-order valence-corrected chi connectivity index (χ4v) is 5.93. The number of anilines is 1. The Morgan fingerprint density at radius 1 is 0.864 bits per heavy atom. The van der Waals surface area contributed by atoms with Gasteiger partial charge in [0.25, 0.3) is 5.91 Å². The van der Waals surface area contributed by atoms with E-state index in [0.717, 1.165) is 11.8 Å². The Morgan fingerprint density at radius 3 is 2.00 bits per heavy atom. The maximum absolute atomic E-state index is 14.5. The van der Waals surface area contributed by atoms with Gasteiger partial charge in [0.05, 0.1) is 14.2 Å². The van der Waals surface area contributed by atoms with Crippen molar-refractivity contribution in [2.24, 2.45) is 5.41 Å². The van der Waals surface area contributed by atoms with Crippen molar-refractivity contribution in [3.63, 3.8) is 0 Å². The maximum atomic E-state index is 14.5. The number of thioether (sulfide) groups is 1. The van der Waals surface area contributed by atoms with Gasteiger partial charge in [-0.2, -0.15) is 0 Å². The van der Waals surface area contributed by atoms with E-state index in [1.54, 1.807) is 93.6 Å². The molecule has 2 amide bonds. The minimum atomic E-state index is -2.28. The van der Waals surface area contributed by atoms with Crippen LogP contribution in [0.25, 0.3) is 0 Å². The summed E-state index contributed by atoms with van der Waals surface area (Å²) in [6.45, 7) is 6.13. The summed E-state index contributed by atoms with van der Waals surface area (Å²) in [6, 6.07) is 20.2. The molecule has 1 aliphatic rings. The van der Waals surface area contributed by atoms with Crippen molar-refractivity contribution in [2.45, 2.75) is 50.3 Å². The van der Waals surface area contributed by atoms with Crippen molar-refractivity contribution in [2.75, 3.05) is 26.2 Å². The summed E-state index contributed by atoms with van der Waals surface area (Å²) < 4.78 is 21.8. The van der Waals surface area contributed by atoms with Gasteiger partial charge in [-0.1, -0.05) is 42.1 Å². The lowest BCUT2D eigenvalue weighted by Gasteiger charge is -2.42. The molecule has 1 N–H and O–H groups in total. The van der Waals surface area contributed by atoms with Crippen LogP contribution < -0.4 is 19.7 Å². The number of carbonyl (C=O) groups is 4. The minimum Gasteiger partial charge on any atom is -0.497 e. The van der Waals surface area contributed by atoms with Gasteiger partial charge in [0.1, 0.15) is 23.7 Å². The van der Waals surface area contributed by atoms with E-state index in [1.165, 1.54) is 33.1 Å². The molecule has 0 aliphatic carbocycles. The van der Waals surface area contributed by atoms with E-state index in [2.05, 4.69) is 5.32 Å². The summed E-state index contributed by atoms with van der Waals surface area (Å²) in [4.78, 5) is 58.5. The molecule has 0 radical (unpaired) electrons. The predicted molar refractivity (Wildman–Crippen MR) is 166 cm³/mol. The van der Waals surface area contributed by atoms with E-state index >= 15 is 0 Å². The number of hydrogen-bond donors (Lipinski definition) is 1. The number of methoxy groups -OCH3 is 2. The number of esters is 1. The van der Waals surface area contributed by atoms with E-state index < -0.39 is 39.6 Å². The third-order valence-electron chi connectivity index (χ3n) is 7.35. The average molecular weight is 621 g/mol. The number of carbonyl (C=O) groups excluding carboxylic acids is 4.